The van der Waals surface area contributed by atoms with E-state index in [-0.39, 0.29) is 62.5 Å². The van der Waals surface area contributed by atoms with E-state index in [4.69, 9.17) is 25.7 Å². The lowest BCUT2D eigenvalue weighted by Crippen LogP contribution is -2.59. The van der Waals surface area contributed by atoms with E-state index in [0.29, 0.717) is 25.7 Å². The molecule has 15 heteroatoms. The van der Waals surface area contributed by atoms with Gasteiger partial charge in [0.15, 0.2) is 12.1 Å². The number of carboxylic acid groups (broad SMARTS) is 1. The van der Waals surface area contributed by atoms with Crippen molar-refractivity contribution in [3.63, 3.8) is 0 Å². The van der Waals surface area contributed by atoms with E-state index in [1.807, 2.05) is 33.8 Å². The lowest BCUT2D eigenvalue weighted by atomic mass is 9.74. The number of carbonyl (C=O) groups excluding carboxylic acids is 3. The molecule has 52 heavy (non-hydrogen) atoms. The second-order valence-electron chi connectivity index (χ2n) is 14.1. The molecule has 15 nitrogen and oxygen atoms in total. The minimum atomic E-state index is -1.63. The molecule has 0 aliphatic carbocycles. The maximum absolute atomic E-state index is 13.0. The van der Waals surface area contributed by atoms with Gasteiger partial charge in [-0.1, -0.05) is 63.3 Å². The van der Waals surface area contributed by atoms with Crippen LogP contribution in [-0.4, -0.2) is 107 Å². The lowest BCUT2D eigenvalue weighted by molar-refractivity contribution is -0.297. The number of guanidine groups is 1. The molecule has 2 heterocycles. The summed E-state index contributed by atoms with van der Waals surface area (Å²) < 4.78 is 17.7. The first-order valence-electron chi connectivity index (χ1n) is 17.7. The fourth-order valence-electron chi connectivity index (χ4n) is 6.00. The summed E-state index contributed by atoms with van der Waals surface area (Å²) >= 11 is 0. The van der Waals surface area contributed by atoms with Crippen LogP contribution in [0.5, 0.6) is 0 Å². The molecule has 0 bridgehead atoms. The second kappa shape index (κ2) is 21.0. The Kier molecular flexibility index (Phi) is 17.9. The van der Waals surface area contributed by atoms with Gasteiger partial charge >= 0.3 is 5.97 Å². The van der Waals surface area contributed by atoms with Gasteiger partial charge in [0.1, 0.15) is 11.8 Å². The molecule has 2 aliphatic heterocycles. The van der Waals surface area contributed by atoms with Crippen molar-refractivity contribution < 1.29 is 48.7 Å². The molecule has 2 aliphatic rings. The summed E-state index contributed by atoms with van der Waals surface area (Å²) in [6.07, 6.45) is 8.46. The number of rotatable bonds is 20. The largest absolute Gasteiger partial charge is 0.480 e. The Morgan fingerprint density at radius 3 is 2.46 bits per heavy atom. The molecule has 0 aromatic rings. The number of hydrogen-bond donors (Lipinski definition) is 7. The molecule has 8 atom stereocenters. The lowest BCUT2D eigenvalue weighted by Gasteiger charge is -2.46. The summed E-state index contributed by atoms with van der Waals surface area (Å²) in [5.74, 6) is -4.02. The summed E-state index contributed by atoms with van der Waals surface area (Å²) in [4.78, 5) is 53.2. The maximum Gasteiger partial charge on any atom is 0.326 e. The van der Waals surface area contributed by atoms with Crippen LogP contribution in [-0.2, 0) is 33.4 Å². The fraction of sp³-hybridized carbons (Fsp3) is 0.649. The highest BCUT2D eigenvalue weighted by Crippen LogP contribution is 2.40. The summed E-state index contributed by atoms with van der Waals surface area (Å²) in [5, 5.41) is 36.3. The predicted octanol–water partition coefficient (Wildman–Crippen LogP) is 1.77. The molecule has 292 valence electrons. The van der Waals surface area contributed by atoms with Gasteiger partial charge in [-0.15, -0.1) is 0 Å². The third kappa shape index (κ3) is 13.6. The summed E-state index contributed by atoms with van der Waals surface area (Å²) in [6, 6.07) is -1.06. The zero-order valence-corrected chi connectivity index (χ0v) is 31.1. The molecule has 2 rings (SSSR count). The first kappa shape index (κ1) is 44.3. The van der Waals surface area contributed by atoms with Crippen molar-refractivity contribution in [2.75, 3.05) is 20.2 Å². The molecule has 0 radical (unpaired) electrons. The van der Waals surface area contributed by atoms with Crippen LogP contribution in [0.1, 0.15) is 79.1 Å². The van der Waals surface area contributed by atoms with Gasteiger partial charge in [-0.25, -0.2) is 4.79 Å². The number of nitrogens with two attached hydrogens (primary N) is 2. The third-order valence-corrected chi connectivity index (χ3v) is 9.77. The molecule has 1 unspecified atom stereocenters. The number of carboxylic acids is 1. The Labute approximate surface area is 306 Å². The van der Waals surface area contributed by atoms with Crippen LogP contribution in [0, 0.1) is 11.3 Å². The number of nitrogens with one attached hydrogen (secondary N) is 2. The fourth-order valence-corrected chi connectivity index (χ4v) is 6.00. The number of amides is 2. The van der Waals surface area contributed by atoms with Crippen LogP contribution >= 0.6 is 0 Å². The van der Waals surface area contributed by atoms with Crippen LogP contribution < -0.4 is 22.1 Å². The topological polar surface area (TPSA) is 245 Å². The zero-order chi connectivity index (χ0) is 39.1. The molecule has 2 amide bonds. The van der Waals surface area contributed by atoms with Crippen molar-refractivity contribution in [2.24, 2.45) is 27.8 Å². The Morgan fingerprint density at radius 2 is 1.83 bits per heavy atom. The average molecular weight is 734 g/mol. The van der Waals surface area contributed by atoms with Gasteiger partial charge in [0.25, 0.3) is 5.91 Å². The Balaban J connectivity index is 1.78. The zero-order valence-electron chi connectivity index (χ0n) is 31.1. The summed E-state index contributed by atoms with van der Waals surface area (Å²) in [7, 11) is 1.37. The number of Topliss-reactive ketones (excluding diaryl/α,β-unsaturated/α-hetero) is 1. The molecule has 0 saturated carbocycles. The number of aliphatic imine (C=N–C) groups is 1. The number of nitrogens with zero attached hydrogens (tertiary/aromatic N) is 1. The molecule has 0 aromatic carbocycles. The highest BCUT2D eigenvalue weighted by molar-refractivity contribution is 5.91. The van der Waals surface area contributed by atoms with E-state index in [1.165, 1.54) is 19.3 Å². The number of hydrogen-bond acceptors (Lipinski definition) is 10. The number of aliphatic carboxylic acids is 1. The van der Waals surface area contributed by atoms with E-state index < -0.39 is 59.4 Å². The molecule has 2 saturated heterocycles. The summed E-state index contributed by atoms with van der Waals surface area (Å²) in [6.45, 7) is 11.8. The van der Waals surface area contributed by atoms with Gasteiger partial charge in [0.05, 0.1) is 24.4 Å². The number of unbranched alkanes of at least 4 members (excludes halogenated alkanes) is 1. The molecular weight excluding hydrogens is 674 g/mol. The van der Waals surface area contributed by atoms with E-state index in [2.05, 4.69) is 22.2 Å². The van der Waals surface area contributed by atoms with E-state index >= 15 is 0 Å². The third-order valence-electron chi connectivity index (χ3n) is 9.77. The second-order valence-corrected chi connectivity index (χ2v) is 14.1. The number of carbonyl (C=O) groups is 4. The van der Waals surface area contributed by atoms with Gasteiger partial charge in [-0.05, 0) is 32.6 Å². The molecule has 0 aromatic heterocycles. The summed E-state index contributed by atoms with van der Waals surface area (Å²) in [5.41, 5.74) is 10.6. The Bertz CT molecular complexity index is 1360. The van der Waals surface area contributed by atoms with Crippen LogP contribution in [0.2, 0.25) is 0 Å². The monoisotopic (exact) mass is 733 g/mol. The normalized spacial score (nSPS) is 27.4. The number of aliphatic hydroxyl groups is 2. The van der Waals surface area contributed by atoms with E-state index in [1.54, 1.807) is 18.2 Å². The van der Waals surface area contributed by atoms with Crippen LogP contribution in [0.25, 0.3) is 0 Å². The van der Waals surface area contributed by atoms with Crippen LogP contribution in [0.4, 0.5) is 0 Å². The minimum Gasteiger partial charge on any atom is -0.480 e. The van der Waals surface area contributed by atoms with E-state index in [0.717, 1.165) is 5.57 Å². The SMILES string of the molecule is C=C1C[C@](OC)([C@H](O)C(=O)NC[C@@H]2C[C@H](O)C(C)(C)[C@@H](CC(=O)CCC/C=C/C=C/C=C/C(=O)NC(CCCN=C(N)N)C(=O)O)O2)O[C@H](C)[C@@H]1C. The van der Waals surface area contributed by atoms with Crippen LogP contribution in [0.15, 0.2) is 53.6 Å². The van der Waals surface area contributed by atoms with Crippen LogP contribution in [0.3, 0.4) is 0 Å². The van der Waals surface area contributed by atoms with E-state index in [9.17, 15) is 34.5 Å². The quantitative estimate of drug-likeness (QED) is 0.0236. The van der Waals surface area contributed by atoms with Gasteiger partial charge in [-0.2, -0.15) is 0 Å². The number of allylic oxidation sites excluding steroid dienone is 5. The van der Waals surface area contributed by atoms with Crippen molar-refractivity contribution in [3.05, 3.63) is 48.6 Å². The highest BCUT2D eigenvalue weighted by atomic mass is 16.7. The van der Waals surface area contributed by atoms with Crippen molar-refractivity contribution in [1.82, 2.24) is 10.6 Å². The molecular formula is C37H59N5O10. The van der Waals surface area contributed by atoms with Crippen molar-refractivity contribution >= 4 is 29.5 Å². The number of aliphatic hydroxyl groups excluding tert-OH is 2. The van der Waals surface area contributed by atoms with Crippen molar-refractivity contribution in [1.29, 1.82) is 0 Å². The predicted molar refractivity (Wildman–Crippen MR) is 196 cm³/mol. The average Bonchev–Trinajstić information content (AvgIpc) is 3.08. The Hall–Kier alpha value is -3.89. The molecule has 9 N–H and O–H groups in total. The van der Waals surface area contributed by atoms with Gasteiger partial charge < -0.3 is 51.6 Å². The minimum absolute atomic E-state index is 0.0146. The van der Waals surface area contributed by atoms with Gasteiger partial charge in [0.2, 0.25) is 11.7 Å². The Morgan fingerprint density at radius 1 is 1.13 bits per heavy atom. The smallest absolute Gasteiger partial charge is 0.326 e. The number of ether oxygens (including phenoxy) is 3. The standard InChI is InChI=1S/C37H59N5O10/c1-23-21-37(50-6,52-25(3)24(23)2)32(46)33(47)41-22-27-20-29(44)36(4,5)30(51-27)19-26(43)15-12-10-8-7-9-11-13-17-31(45)42-28(34(48)49)16-14-18-40-35(38)39/h7-9,11,13,17,24-25,27-30,32,44,46H,1,10,12,14-16,18-22H2,2-6H3,(H,41,47)(H,42,45)(H,48,49)(H4,38,39,40)/b8-7+,11-9+,17-13+/t24-,25-,27+,28?,29+,30-,32-,37-/m1/s1. The number of methoxy groups -OCH3 is 1. The maximum atomic E-state index is 13.0. The highest BCUT2D eigenvalue weighted by Gasteiger charge is 2.50. The molecule has 0 spiro atoms. The first-order chi connectivity index (χ1) is 24.4. The van der Waals surface area contributed by atoms with Gasteiger partial charge in [0, 0.05) is 63.3 Å². The first-order valence-corrected chi connectivity index (χ1v) is 17.7. The van der Waals surface area contributed by atoms with Crippen molar-refractivity contribution in [3.8, 4) is 0 Å². The van der Waals surface area contributed by atoms with Crippen molar-refractivity contribution in [2.45, 2.75) is 121 Å². The molecule has 2 fully saturated rings. The van der Waals surface area contributed by atoms with Gasteiger partial charge in [-0.3, -0.25) is 19.4 Å². The number of ketones is 1.